The number of thiazole rings is 4. The number of rotatable bonds is 29. The highest BCUT2D eigenvalue weighted by atomic mass is 32.1. The zero-order chi connectivity index (χ0) is 108. The number of likely N-dealkylation sites (tertiary alicyclic amines) is 4. The van der Waals surface area contributed by atoms with Crippen molar-refractivity contribution in [2.75, 3.05) is 93.3 Å². The minimum atomic E-state index is -4.82. The van der Waals surface area contributed by atoms with Gasteiger partial charge in [-0.2, -0.15) is 13.2 Å². The van der Waals surface area contributed by atoms with Crippen LogP contribution in [0.3, 0.4) is 0 Å². The first-order chi connectivity index (χ1) is 69.9. The summed E-state index contributed by atoms with van der Waals surface area (Å²) >= 11 is 3.95. The molecule has 4 saturated carbocycles. The van der Waals surface area contributed by atoms with E-state index < -0.39 is 149 Å². The lowest BCUT2D eigenvalue weighted by molar-refractivity contribution is -0.137. The topological polar surface area (TPSA) is 430 Å². The molecule has 814 valence electrons. The molecule has 0 bridgehead atoms. The van der Waals surface area contributed by atoms with E-state index in [1.54, 1.807) is 72.0 Å². The molecule has 0 aromatic carbocycles. The molecular formula is C103H136F10N20O12S4. The van der Waals surface area contributed by atoms with Gasteiger partial charge in [0.25, 0.3) is 59.1 Å². The van der Waals surface area contributed by atoms with Gasteiger partial charge in [-0.25, -0.2) is 70.6 Å². The van der Waals surface area contributed by atoms with Crippen molar-refractivity contribution >= 4 is 116 Å². The van der Waals surface area contributed by atoms with Gasteiger partial charge in [0.2, 0.25) is 0 Å². The van der Waals surface area contributed by atoms with Gasteiger partial charge in [-0.3, -0.25) is 38.4 Å². The molecule has 12 heterocycles. The van der Waals surface area contributed by atoms with Crippen molar-refractivity contribution in [3.8, 4) is 41.8 Å². The Balaban J connectivity index is 0.000000166. The van der Waals surface area contributed by atoms with Crippen LogP contribution < -0.4 is 42.5 Å². The van der Waals surface area contributed by atoms with Gasteiger partial charge < -0.3 is 82.6 Å². The fourth-order valence-electron chi connectivity index (χ4n) is 18.7. The molecule has 1 atom stereocenters. The van der Waals surface area contributed by atoms with Gasteiger partial charge in [-0.15, -0.1) is 45.3 Å². The van der Waals surface area contributed by atoms with Gasteiger partial charge >= 0.3 is 6.18 Å². The maximum absolute atomic E-state index is 14.1. The van der Waals surface area contributed by atoms with Gasteiger partial charge in [0.1, 0.15) is 64.1 Å². The fraction of sp³-hybridized carbons (Fsp3) is 0.612. The number of amides is 8. The summed E-state index contributed by atoms with van der Waals surface area (Å²) in [4.78, 5) is 147. The number of nitrogens with zero attached hydrogens (tertiary/aromatic N) is 12. The van der Waals surface area contributed by atoms with Gasteiger partial charge in [-0.05, 0) is 202 Å². The Labute approximate surface area is 876 Å². The lowest BCUT2D eigenvalue weighted by Gasteiger charge is -2.39. The van der Waals surface area contributed by atoms with Crippen LogP contribution >= 0.6 is 45.3 Å². The third-order valence-corrected chi connectivity index (χ3v) is 31.4. The monoisotopic (exact) mass is 2160 g/mol. The summed E-state index contributed by atoms with van der Waals surface area (Å²) in [6, 6.07) is 6.63. The van der Waals surface area contributed by atoms with Crippen molar-refractivity contribution in [3.63, 3.8) is 0 Å². The standard InChI is InChI=1S/C27H37F2N5O3S.C26H35F2N5O3S.C25H30F5N5O3S.C25H34FN5O3S/c1-17-15-20(32-18-7-5-4-6-8-18)31-16-19(17)22-21(25(36)34-13-10-27(28,29)11-14-34)33-24(38-22)23(35)30-12-9-26(2,3)37;1-15-10-19(31-17-8-6-5-7-9-17)29-12-18(15)21-20(24(35)33-14-26(27,28)11-16(33)2)32-23(37-21)22(34)30-13-25(3,4)36;1-23(2,38)12-32-20(36)21-34-17(22(37)35-6-4-14(26)5-7-35)18(39-21)13-8-16(25(28,29)30)19(31-11-13)33-15-9-24(3,27)10-15;1-15-12-19(29-17-6-4-5-7-17)27-13-18(15)21-20(24(33)31-10-8-16(26)9-11-31)30-23(35-21)22(32)28-14-25(2,3)34/h15-16,18,37H,4-14H2,1-3H3,(H,30,35)(H,31,32);10,12,16-17,36H,5-9,11,13-14H2,1-4H3,(H,29,31)(H,30,34);8,11,14-15,38H,4-7,9-10,12H2,1-3H3,(H,31,33)(H,32,36);12-13,16-17,34H,4-11,14H2,1-3H3,(H,27,29)(H,28,32)/t;16-;;/m.0../s1. The molecule has 0 unspecified atom stereocenters. The van der Waals surface area contributed by atoms with E-state index >= 15 is 0 Å². The van der Waals surface area contributed by atoms with Crippen molar-refractivity contribution in [2.24, 2.45) is 0 Å². The highest BCUT2D eigenvalue weighted by molar-refractivity contribution is 7.18. The van der Waals surface area contributed by atoms with E-state index in [-0.39, 0.29) is 137 Å². The quantitative estimate of drug-likeness (QED) is 0.0194. The van der Waals surface area contributed by atoms with E-state index in [9.17, 15) is 103 Å². The first kappa shape index (κ1) is 115. The van der Waals surface area contributed by atoms with E-state index in [0.29, 0.717) is 87.6 Å². The SMILES string of the molecule is CC(C)(O)CNC(=O)c1nc(C(=O)N2CCC(F)CC2)c(-c2cnc(NC3CC(C)(F)C3)c(C(F)(F)F)c2)s1.Cc1cc(NC2CCCC2)ncc1-c1sc(C(=O)NCC(C)(C)O)nc1C(=O)N1CCC(F)CC1.Cc1cc(NC2CCCCC2)ncc1-c1sc(C(=O)NCC(C)(C)O)nc1C(=O)N1CC(F)(F)C[C@@H]1C.Cc1cc(NC2CCCCC2)ncc1-c1sc(C(=O)NCCC(C)(C)O)nc1C(=O)N1CCC(F)(F)CC1. The van der Waals surface area contributed by atoms with Crippen LogP contribution in [0.25, 0.3) is 41.8 Å². The van der Waals surface area contributed by atoms with E-state index in [1.165, 1.54) is 81.9 Å². The molecule has 8 amide bonds. The van der Waals surface area contributed by atoms with E-state index in [2.05, 4.69) is 82.4 Å². The summed E-state index contributed by atoms with van der Waals surface area (Å²) in [7, 11) is 0. The second-order valence-electron chi connectivity index (χ2n) is 43.0. The first-order valence-corrected chi connectivity index (χ1v) is 54.2. The summed E-state index contributed by atoms with van der Waals surface area (Å²) in [5.41, 5.74) is -2.39. The van der Waals surface area contributed by atoms with Crippen LogP contribution in [0, 0.1) is 20.8 Å². The summed E-state index contributed by atoms with van der Waals surface area (Å²) in [5, 5.41) is 63.5. The molecule has 12 N–H and O–H groups in total. The number of carbonyl (C=O) groups excluding carboxylic acids is 8. The van der Waals surface area contributed by atoms with Crippen molar-refractivity contribution in [1.29, 1.82) is 0 Å². The molecule has 16 rings (SSSR count). The summed E-state index contributed by atoms with van der Waals surface area (Å²) in [6.45, 7) is 21.4. The fourth-order valence-corrected chi connectivity index (χ4v) is 22.8. The molecule has 149 heavy (non-hydrogen) atoms. The van der Waals surface area contributed by atoms with Crippen LogP contribution in [0.15, 0.2) is 49.1 Å². The molecule has 4 saturated heterocycles. The predicted octanol–water partition coefficient (Wildman–Crippen LogP) is 18.2. The lowest BCUT2D eigenvalue weighted by atomic mass is 9.79. The third kappa shape index (κ3) is 32.2. The smallest absolute Gasteiger partial charge is 0.390 e. The molecular weight excluding hydrogens is 2030 g/mol. The zero-order valence-corrected chi connectivity index (χ0v) is 89.5. The number of alkyl halides is 10. The Hall–Kier alpha value is -10.8. The van der Waals surface area contributed by atoms with Crippen molar-refractivity contribution in [3.05, 3.63) is 114 Å². The zero-order valence-electron chi connectivity index (χ0n) is 86.2. The second kappa shape index (κ2) is 48.5. The van der Waals surface area contributed by atoms with Crippen LogP contribution in [0.1, 0.15) is 327 Å². The maximum atomic E-state index is 14.1. The van der Waals surface area contributed by atoms with Crippen molar-refractivity contribution < 1.29 is 103 Å². The van der Waals surface area contributed by atoms with Gasteiger partial charge in [0.15, 0.2) is 20.0 Å². The van der Waals surface area contributed by atoms with Crippen LogP contribution in [0.5, 0.6) is 0 Å². The Kier molecular flexibility index (Phi) is 37.5. The van der Waals surface area contributed by atoms with Gasteiger partial charge in [0.05, 0.1) is 54.0 Å². The minimum absolute atomic E-state index is 0.000285. The number of hydrogen-bond donors (Lipinski definition) is 12. The summed E-state index contributed by atoms with van der Waals surface area (Å²) in [6.07, 6.45) is 15.9. The second-order valence-corrected chi connectivity index (χ2v) is 47.0. The molecule has 8 aromatic rings. The largest absolute Gasteiger partial charge is 0.419 e. The number of halogens is 10. The molecule has 32 nitrogen and oxygen atoms in total. The third-order valence-electron chi connectivity index (χ3n) is 27.0. The normalized spacial score (nSPS) is 19.7. The molecule has 4 aliphatic heterocycles. The number of aromatic nitrogens is 8. The van der Waals surface area contributed by atoms with Crippen LogP contribution in [-0.4, -0.2) is 282 Å². The van der Waals surface area contributed by atoms with Crippen LogP contribution in [0.2, 0.25) is 0 Å². The predicted molar refractivity (Wildman–Crippen MR) is 553 cm³/mol. The molecule has 8 aromatic heterocycles. The van der Waals surface area contributed by atoms with E-state index in [0.717, 1.165) is 129 Å². The molecule has 8 fully saturated rings. The first-order valence-electron chi connectivity index (χ1n) is 50.9. The molecule has 0 spiro atoms. The van der Waals surface area contributed by atoms with E-state index in [4.69, 9.17) is 0 Å². The number of aryl methyl sites for hydroxylation is 3. The van der Waals surface area contributed by atoms with Crippen LogP contribution in [-0.2, 0) is 6.18 Å². The molecule has 8 aliphatic rings. The van der Waals surface area contributed by atoms with Gasteiger partial charge in [-0.1, -0.05) is 51.4 Å². The number of hydrogen-bond acceptors (Lipinski definition) is 28. The van der Waals surface area contributed by atoms with Crippen molar-refractivity contribution in [1.82, 2.24) is 80.7 Å². The average molecular weight is 2160 g/mol. The molecule has 46 heteroatoms. The number of anilines is 4. The lowest BCUT2D eigenvalue weighted by Crippen LogP contribution is -2.45. The number of aliphatic hydroxyl groups is 4. The maximum Gasteiger partial charge on any atom is 0.419 e. The number of nitrogens with one attached hydrogen (secondary N) is 8. The molecule has 4 aliphatic carbocycles. The van der Waals surface area contributed by atoms with Gasteiger partial charge in [0, 0.05) is 175 Å². The number of carbonyl (C=O) groups is 8. The highest BCUT2D eigenvalue weighted by Gasteiger charge is 2.48. The molecule has 0 radical (unpaired) electrons. The Bertz CT molecular complexity index is 6040. The van der Waals surface area contributed by atoms with Crippen molar-refractivity contribution in [2.45, 2.75) is 333 Å². The Morgan fingerprint density at radius 2 is 0.745 bits per heavy atom. The van der Waals surface area contributed by atoms with Crippen LogP contribution in [0.4, 0.5) is 67.2 Å². The van der Waals surface area contributed by atoms with E-state index in [1.807, 2.05) is 39.0 Å². The average Bonchev–Trinajstić information content (AvgIpc) is 1.45. The summed E-state index contributed by atoms with van der Waals surface area (Å²) < 4.78 is 139. The summed E-state index contributed by atoms with van der Waals surface area (Å²) in [5.74, 6) is -8.14. The number of pyridine rings is 4. The Morgan fingerprint density at radius 3 is 1.07 bits per heavy atom. The number of piperidine rings is 3. The highest BCUT2D eigenvalue weighted by Crippen LogP contribution is 2.46. The Morgan fingerprint density at radius 1 is 0.409 bits per heavy atom. The minimum Gasteiger partial charge on any atom is -0.390 e.